The normalized spacial score (nSPS) is 10.7. The molecule has 1 aromatic heterocycles. The number of aryl methyl sites for hydroxylation is 2. The summed E-state index contributed by atoms with van der Waals surface area (Å²) in [5.41, 5.74) is 3.51. The number of carbonyl (C=O) groups is 3. The standard InChI is InChI=1S/C25H24FNO4/c1-16-9-10-20(14-22(16)26)27-17(2)13-21(18(27)3)24(29)15-31-25(30)12-11-23(28)19-7-5-4-6-8-19/h4-10,13-14H,11-12,15H2,1-3H3. The van der Waals surface area contributed by atoms with Crippen molar-refractivity contribution in [2.24, 2.45) is 0 Å². The Balaban J connectivity index is 1.61. The van der Waals surface area contributed by atoms with E-state index in [0.717, 1.165) is 5.69 Å². The van der Waals surface area contributed by atoms with E-state index < -0.39 is 12.6 Å². The number of Topliss-reactive ketones (excluding diaryl/α,β-unsaturated/α-hetero) is 2. The third-order valence-corrected chi connectivity index (χ3v) is 5.16. The molecule has 0 amide bonds. The maximum Gasteiger partial charge on any atom is 0.306 e. The van der Waals surface area contributed by atoms with Gasteiger partial charge in [-0.2, -0.15) is 0 Å². The van der Waals surface area contributed by atoms with Crippen LogP contribution < -0.4 is 0 Å². The highest BCUT2D eigenvalue weighted by Crippen LogP contribution is 2.23. The van der Waals surface area contributed by atoms with E-state index in [-0.39, 0.29) is 30.2 Å². The molecule has 3 aromatic rings. The van der Waals surface area contributed by atoms with Crippen LogP contribution in [0.5, 0.6) is 0 Å². The zero-order valence-corrected chi connectivity index (χ0v) is 17.8. The van der Waals surface area contributed by atoms with Crippen LogP contribution in [-0.4, -0.2) is 28.7 Å². The number of aromatic nitrogens is 1. The summed E-state index contributed by atoms with van der Waals surface area (Å²) < 4.78 is 20.8. The summed E-state index contributed by atoms with van der Waals surface area (Å²) in [5, 5.41) is 0. The van der Waals surface area contributed by atoms with E-state index in [1.54, 1.807) is 60.9 Å². The maximum absolute atomic E-state index is 14.0. The highest BCUT2D eigenvalue weighted by molar-refractivity contribution is 6.00. The summed E-state index contributed by atoms with van der Waals surface area (Å²) in [7, 11) is 0. The second kappa shape index (κ2) is 9.51. The number of hydrogen-bond acceptors (Lipinski definition) is 4. The third-order valence-electron chi connectivity index (χ3n) is 5.16. The Morgan fingerprint density at radius 3 is 2.29 bits per heavy atom. The van der Waals surface area contributed by atoms with Crippen molar-refractivity contribution in [1.82, 2.24) is 4.57 Å². The summed E-state index contributed by atoms with van der Waals surface area (Å²) >= 11 is 0. The molecular weight excluding hydrogens is 397 g/mol. The van der Waals surface area contributed by atoms with Gasteiger partial charge in [-0.1, -0.05) is 36.4 Å². The average molecular weight is 421 g/mol. The van der Waals surface area contributed by atoms with E-state index in [4.69, 9.17) is 4.74 Å². The highest BCUT2D eigenvalue weighted by Gasteiger charge is 2.19. The Hall–Kier alpha value is -3.54. The summed E-state index contributed by atoms with van der Waals surface area (Å²) in [6.45, 7) is 4.86. The summed E-state index contributed by atoms with van der Waals surface area (Å²) in [5.74, 6) is -1.43. The van der Waals surface area contributed by atoms with Gasteiger partial charge in [0.1, 0.15) is 5.82 Å². The van der Waals surface area contributed by atoms with Crippen LogP contribution in [0.4, 0.5) is 4.39 Å². The second-order valence-corrected chi connectivity index (χ2v) is 7.43. The van der Waals surface area contributed by atoms with Crippen LogP contribution in [0.2, 0.25) is 0 Å². The number of hydrogen-bond donors (Lipinski definition) is 0. The lowest BCUT2D eigenvalue weighted by Crippen LogP contribution is -2.15. The Labute approximate surface area is 180 Å². The summed E-state index contributed by atoms with van der Waals surface area (Å²) in [4.78, 5) is 36.7. The molecule has 160 valence electrons. The van der Waals surface area contributed by atoms with Crippen LogP contribution in [0.1, 0.15) is 50.5 Å². The Morgan fingerprint density at radius 2 is 1.61 bits per heavy atom. The first kappa shape index (κ1) is 22.2. The molecule has 2 aromatic carbocycles. The van der Waals surface area contributed by atoms with Crippen molar-refractivity contribution in [1.29, 1.82) is 0 Å². The van der Waals surface area contributed by atoms with Gasteiger partial charge < -0.3 is 9.30 Å². The molecule has 0 fully saturated rings. The van der Waals surface area contributed by atoms with Gasteiger partial charge in [0.2, 0.25) is 5.78 Å². The lowest BCUT2D eigenvalue weighted by molar-refractivity contribution is -0.142. The van der Waals surface area contributed by atoms with Crippen molar-refractivity contribution in [3.05, 3.63) is 88.5 Å². The van der Waals surface area contributed by atoms with E-state index in [2.05, 4.69) is 0 Å². The number of halogens is 1. The van der Waals surface area contributed by atoms with Crippen LogP contribution in [0.15, 0.2) is 54.6 Å². The van der Waals surface area contributed by atoms with Crippen LogP contribution in [0.25, 0.3) is 5.69 Å². The van der Waals surface area contributed by atoms with Gasteiger partial charge in [-0.25, -0.2) is 4.39 Å². The van der Waals surface area contributed by atoms with Gasteiger partial charge >= 0.3 is 5.97 Å². The molecule has 6 heteroatoms. The fourth-order valence-electron chi connectivity index (χ4n) is 3.44. The van der Waals surface area contributed by atoms with E-state index in [1.807, 2.05) is 13.0 Å². The van der Waals surface area contributed by atoms with Gasteiger partial charge in [-0.15, -0.1) is 0 Å². The quantitative estimate of drug-likeness (QED) is 0.382. The zero-order chi connectivity index (χ0) is 22.5. The Bertz CT molecular complexity index is 1130. The van der Waals surface area contributed by atoms with Gasteiger partial charge in [0.15, 0.2) is 12.4 Å². The van der Waals surface area contributed by atoms with Crippen LogP contribution >= 0.6 is 0 Å². The predicted molar refractivity (Wildman–Crippen MR) is 115 cm³/mol. The average Bonchev–Trinajstić information content (AvgIpc) is 3.07. The van der Waals surface area contributed by atoms with Crippen molar-refractivity contribution >= 4 is 17.5 Å². The molecule has 0 spiro atoms. The molecule has 31 heavy (non-hydrogen) atoms. The molecular formula is C25H24FNO4. The molecule has 0 N–H and O–H groups in total. The maximum atomic E-state index is 14.0. The molecule has 0 saturated carbocycles. The van der Waals surface area contributed by atoms with E-state index >= 15 is 0 Å². The monoisotopic (exact) mass is 421 g/mol. The minimum Gasteiger partial charge on any atom is -0.457 e. The largest absolute Gasteiger partial charge is 0.457 e. The zero-order valence-electron chi connectivity index (χ0n) is 17.8. The Kier molecular flexibility index (Phi) is 6.80. The fraction of sp³-hybridized carbons (Fsp3) is 0.240. The topological polar surface area (TPSA) is 65.4 Å². The molecule has 5 nitrogen and oxygen atoms in total. The van der Waals surface area contributed by atoms with Gasteiger partial charge in [-0.05, 0) is 44.5 Å². The SMILES string of the molecule is Cc1ccc(-n2c(C)cc(C(=O)COC(=O)CCC(=O)c3ccccc3)c2C)cc1F. The van der Waals surface area contributed by atoms with Crippen molar-refractivity contribution in [3.63, 3.8) is 0 Å². The minimum absolute atomic E-state index is 0.0184. The van der Waals surface area contributed by atoms with Crippen LogP contribution in [0.3, 0.4) is 0 Å². The van der Waals surface area contributed by atoms with Crippen molar-refractivity contribution in [3.8, 4) is 5.69 Å². The van der Waals surface area contributed by atoms with Crippen LogP contribution in [0, 0.1) is 26.6 Å². The number of carbonyl (C=O) groups excluding carboxylic acids is 3. The molecule has 0 bridgehead atoms. The van der Waals surface area contributed by atoms with Crippen molar-refractivity contribution < 1.29 is 23.5 Å². The molecule has 0 aliphatic rings. The lowest BCUT2D eigenvalue weighted by atomic mass is 10.1. The molecule has 0 unspecified atom stereocenters. The number of nitrogens with zero attached hydrogens (tertiary/aromatic N) is 1. The number of esters is 1. The highest BCUT2D eigenvalue weighted by atomic mass is 19.1. The van der Waals surface area contributed by atoms with E-state index in [9.17, 15) is 18.8 Å². The molecule has 0 radical (unpaired) electrons. The Morgan fingerprint density at radius 1 is 0.903 bits per heavy atom. The van der Waals surface area contributed by atoms with Gasteiger partial charge in [0.25, 0.3) is 0 Å². The minimum atomic E-state index is -0.605. The first-order valence-corrected chi connectivity index (χ1v) is 10.0. The summed E-state index contributed by atoms with van der Waals surface area (Å²) in [6, 6.07) is 15.3. The van der Waals surface area contributed by atoms with Gasteiger partial charge in [0.05, 0.1) is 6.42 Å². The number of ketones is 2. The third kappa shape index (κ3) is 5.15. The second-order valence-electron chi connectivity index (χ2n) is 7.43. The lowest BCUT2D eigenvalue weighted by Gasteiger charge is -2.11. The first-order valence-electron chi connectivity index (χ1n) is 10.0. The van der Waals surface area contributed by atoms with Gasteiger partial charge in [0, 0.05) is 34.6 Å². The smallest absolute Gasteiger partial charge is 0.306 e. The molecule has 0 saturated heterocycles. The predicted octanol–water partition coefficient (Wildman–Crippen LogP) is 4.93. The van der Waals surface area contributed by atoms with Gasteiger partial charge in [-0.3, -0.25) is 14.4 Å². The molecule has 3 rings (SSSR count). The van der Waals surface area contributed by atoms with E-state index in [0.29, 0.717) is 28.1 Å². The molecule has 0 aliphatic carbocycles. The number of benzene rings is 2. The molecule has 0 aliphatic heterocycles. The summed E-state index contributed by atoms with van der Waals surface area (Å²) in [6.07, 6.45) is -0.0762. The van der Waals surface area contributed by atoms with E-state index in [1.165, 1.54) is 6.07 Å². The van der Waals surface area contributed by atoms with Crippen molar-refractivity contribution in [2.45, 2.75) is 33.6 Å². The number of rotatable bonds is 8. The first-order chi connectivity index (χ1) is 14.8. The molecule has 0 atom stereocenters. The number of ether oxygens (including phenoxy) is 1. The van der Waals surface area contributed by atoms with Crippen molar-refractivity contribution in [2.75, 3.05) is 6.61 Å². The van der Waals surface area contributed by atoms with Crippen LogP contribution in [-0.2, 0) is 9.53 Å². The molecule has 1 heterocycles. The fourth-order valence-corrected chi connectivity index (χ4v) is 3.44.